The summed E-state index contributed by atoms with van der Waals surface area (Å²) in [6.45, 7) is 4.30. The second-order valence-corrected chi connectivity index (χ2v) is 8.37. The van der Waals surface area contributed by atoms with Gasteiger partial charge in [0.15, 0.2) is 0 Å². The highest BCUT2D eigenvalue weighted by Gasteiger charge is 2.29. The van der Waals surface area contributed by atoms with Crippen LogP contribution < -0.4 is 16.4 Å². The first-order chi connectivity index (χ1) is 16.4. The van der Waals surface area contributed by atoms with Crippen molar-refractivity contribution < 1.29 is 23.9 Å². The van der Waals surface area contributed by atoms with Gasteiger partial charge in [0, 0.05) is 0 Å². The van der Waals surface area contributed by atoms with Gasteiger partial charge >= 0.3 is 12.1 Å². The second-order valence-electron chi connectivity index (χ2n) is 8.37. The third-order valence-electron chi connectivity index (χ3n) is 5.21. The quantitative estimate of drug-likeness (QED) is 0.282. The normalized spacial score (nSPS) is 12.1. The van der Waals surface area contributed by atoms with Gasteiger partial charge in [0.2, 0.25) is 5.91 Å². The van der Waals surface area contributed by atoms with Crippen LogP contribution in [0, 0.1) is 5.92 Å². The topological polar surface area (TPSA) is 120 Å². The SMILES string of the molecule is CC(C)[C@@H](NC(=O)OCc1ccccc1)C(=O)N[C@@H](CCCCN)C(=O)OCc1ccccc1.Cl. The Balaban J connectivity index is 0.00000612. The lowest BCUT2D eigenvalue weighted by molar-refractivity contribution is -0.149. The monoisotopic (exact) mass is 505 g/mol. The Hall–Kier alpha value is -3.10. The molecule has 0 unspecified atom stereocenters. The van der Waals surface area contributed by atoms with E-state index in [4.69, 9.17) is 15.2 Å². The summed E-state index contributed by atoms with van der Waals surface area (Å²) < 4.78 is 10.7. The van der Waals surface area contributed by atoms with Gasteiger partial charge in [-0.15, -0.1) is 12.4 Å². The Labute approximate surface area is 213 Å². The average molecular weight is 506 g/mol. The van der Waals surface area contributed by atoms with E-state index in [1.807, 2.05) is 60.7 Å². The molecule has 4 N–H and O–H groups in total. The van der Waals surface area contributed by atoms with Crippen molar-refractivity contribution in [2.75, 3.05) is 6.54 Å². The maximum absolute atomic E-state index is 13.0. The molecule has 0 bridgehead atoms. The minimum Gasteiger partial charge on any atom is -0.459 e. The largest absolute Gasteiger partial charge is 0.459 e. The summed E-state index contributed by atoms with van der Waals surface area (Å²) in [5, 5.41) is 5.36. The van der Waals surface area contributed by atoms with E-state index in [1.54, 1.807) is 13.8 Å². The highest BCUT2D eigenvalue weighted by molar-refractivity contribution is 5.89. The summed E-state index contributed by atoms with van der Waals surface area (Å²) in [7, 11) is 0. The molecule has 35 heavy (non-hydrogen) atoms. The Morgan fingerprint density at radius 1 is 0.829 bits per heavy atom. The van der Waals surface area contributed by atoms with Crippen LogP contribution in [0.4, 0.5) is 4.79 Å². The van der Waals surface area contributed by atoms with Crippen LogP contribution in [-0.2, 0) is 32.3 Å². The van der Waals surface area contributed by atoms with Crippen molar-refractivity contribution in [2.24, 2.45) is 11.7 Å². The van der Waals surface area contributed by atoms with Crippen molar-refractivity contribution in [1.82, 2.24) is 10.6 Å². The molecule has 2 amide bonds. The molecular weight excluding hydrogens is 470 g/mol. The molecule has 0 aliphatic carbocycles. The van der Waals surface area contributed by atoms with Gasteiger partial charge in [-0.05, 0) is 42.9 Å². The molecule has 2 aromatic carbocycles. The van der Waals surface area contributed by atoms with Crippen LogP contribution in [0.5, 0.6) is 0 Å². The molecule has 0 spiro atoms. The number of carbonyl (C=O) groups is 3. The minimum atomic E-state index is -0.873. The van der Waals surface area contributed by atoms with Crippen molar-refractivity contribution >= 4 is 30.4 Å². The highest BCUT2D eigenvalue weighted by atomic mass is 35.5. The molecule has 0 aromatic heterocycles. The standard InChI is InChI=1S/C26H35N3O5.ClH/c1-19(2)23(29-26(32)34-18-21-13-7-4-8-14-21)24(30)28-22(15-9-10-16-27)25(31)33-17-20-11-5-3-6-12-20;/h3-8,11-14,19,22-23H,9-10,15-18,27H2,1-2H3,(H,28,30)(H,29,32);1H/t22-,23+;/m0./s1. The molecule has 0 saturated heterocycles. The fraction of sp³-hybridized carbons (Fsp3) is 0.423. The second kappa shape index (κ2) is 16.5. The van der Waals surface area contributed by atoms with Crippen molar-refractivity contribution in [3.05, 3.63) is 71.8 Å². The van der Waals surface area contributed by atoms with E-state index in [2.05, 4.69) is 10.6 Å². The molecule has 2 aromatic rings. The van der Waals surface area contributed by atoms with E-state index in [9.17, 15) is 14.4 Å². The van der Waals surface area contributed by atoms with Gasteiger partial charge in [-0.3, -0.25) is 4.79 Å². The molecule has 2 atom stereocenters. The number of nitrogens with one attached hydrogen (secondary N) is 2. The number of ether oxygens (including phenoxy) is 2. The molecule has 0 radical (unpaired) electrons. The van der Waals surface area contributed by atoms with E-state index in [0.29, 0.717) is 19.4 Å². The van der Waals surface area contributed by atoms with Crippen LogP contribution in [0.15, 0.2) is 60.7 Å². The number of esters is 1. The van der Waals surface area contributed by atoms with E-state index in [-0.39, 0.29) is 31.5 Å². The fourth-order valence-electron chi connectivity index (χ4n) is 3.26. The number of hydrogen-bond acceptors (Lipinski definition) is 6. The Morgan fingerprint density at radius 3 is 1.89 bits per heavy atom. The maximum Gasteiger partial charge on any atom is 0.408 e. The van der Waals surface area contributed by atoms with Crippen molar-refractivity contribution in [3.8, 4) is 0 Å². The maximum atomic E-state index is 13.0. The van der Waals surface area contributed by atoms with Crippen LogP contribution in [0.1, 0.15) is 44.2 Å². The summed E-state index contributed by atoms with van der Waals surface area (Å²) in [4.78, 5) is 38.0. The zero-order chi connectivity index (χ0) is 24.8. The molecule has 9 heteroatoms. The summed E-state index contributed by atoms with van der Waals surface area (Å²) in [6, 6.07) is 16.9. The van der Waals surface area contributed by atoms with Gasteiger partial charge in [0.05, 0.1) is 0 Å². The van der Waals surface area contributed by atoms with Crippen LogP contribution in [-0.4, -0.2) is 36.6 Å². The lowest BCUT2D eigenvalue weighted by Gasteiger charge is -2.24. The molecule has 0 saturated carbocycles. The van der Waals surface area contributed by atoms with E-state index in [0.717, 1.165) is 17.5 Å². The van der Waals surface area contributed by atoms with E-state index < -0.39 is 30.1 Å². The smallest absolute Gasteiger partial charge is 0.408 e. The first-order valence-electron chi connectivity index (χ1n) is 11.6. The number of carbonyl (C=O) groups excluding carboxylic acids is 3. The van der Waals surface area contributed by atoms with Gasteiger partial charge in [-0.1, -0.05) is 74.5 Å². The lowest BCUT2D eigenvalue weighted by atomic mass is 10.0. The molecule has 0 fully saturated rings. The van der Waals surface area contributed by atoms with Crippen molar-refractivity contribution in [1.29, 1.82) is 0 Å². The zero-order valence-electron chi connectivity index (χ0n) is 20.3. The highest BCUT2D eigenvalue weighted by Crippen LogP contribution is 2.09. The molecule has 0 aliphatic rings. The zero-order valence-corrected chi connectivity index (χ0v) is 21.1. The molecule has 0 aliphatic heterocycles. The number of benzene rings is 2. The Bertz CT molecular complexity index is 896. The molecule has 2 rings (SSSR count). The van der Waals surface area contributed by atoms with E-state index >= 15 is 0 Å². The van der Waals surface area contributed by atoms with Crippen LogP contribution in [0.25, 0.3) is 0 Å². The summed E-state index contributed by atoms with van der Waals surface area (Å²) in [6.07, 6.45) is 1.06. The number of amides is 2. The predicted molar refractivity (Wildman–Crippen MR) is 137 cm³/mol. The molecule has 8 nitrogen and oxygen atoms in total. The number of nitrogens with two attached hydrogens (primary N) is 1. The first kappa shape index (κ1) is 29.9. The minimum absolute atomic E-state index is 0. The Kier molecular flexibility index (Phi) is 14.1. The number of rotatable bonds is 13. The number of hydrogen-bond donors (Lipinski definition) is 3. The third kappa shape index (κ3) is 11.2. The van der Waals surface area contributed by atoms with Crippen molar-refractivity contribution in [2.45, 2.75) is 58.4 Å². The summed E-state index contributed by atoms with van der Waals surface area (Å²) in [5.74, 6) is -1.22. The van der Waals surface area contributed by atoms with Gasteiger partial charge in [-0.25, -0.2) is 9.59 Å². The van der Waals surface area contributed by atoms with E-state index in [1.165, 1.54) is 0 Å². The molecule has 192 valence electrons. The van der Waals surface area contributed by atoms with Crippen molar-refractivity contribution in [3.63, 3.8) is 0 Å². The summed E-state index contributed by atoms with van der Waals surface area (Å²) >= 11 is 0. The fourth-order valence-corrected chi connectivity index (χ4v) is 3.26. The first-order valence-corrected chi connectivity index (χ1v) is 11.6. The average Bonchev–Trinajstić information content (AvgIpc) is 2.85. The number of halogens is 1. The van der Waals surface area contributed by atoms with Gasteiger partial charge in [-0.2, -0.15) is 0 Å². The van der Waals surface area contributed by atoms with Gasteiger partial charge < -0.3 is 25.8 Å². The van der Waals surface area contributed by atoms with Gasteiger partial charge in [0.25, 0.3) is 0 Å². The predicted octanol–water partition coefficient (Wildman–Crippen LogP) is 3.72. The lowest BCUT2D eigenvalue weighted by Crippen LogP contribution is -2.54. The van der Waals surface area contributed by atoms with Crippen LogP contribution in [0.2, 0.25) is 0 Å². The molecule has 0 heterocycles. The van der Waals surface area contributed by atoms with Gasteiger partial charge in [0.1, 0.15) is 25.3 Å². The Morgan fingerprint density at radius 2 is 1.37 bits per heavy atom. The number of unbranched alkanes of at least 4 members (excludes halogenated alkanes) is 1. The molecular formula is C26H36ClN3O5. The summed E-state index contributed by atoms with van der Waals surface area (Å²) in [5.41, 5.74) is 7.27. The van der Waals surface area contributed by atoms with Crippen LogP contribution >= 0.6 is 12.4 Å². The third-order valence-corrected chi connectivity index (χ3v) is 5.21. The number of alkyl carbamates (subject to hydrolysis) is 1. The van der Waals surface area contributed by atoms with Crippen LogP contribution in [0.3, 0.4) is 0 Å².